The van der Waals surface area contributed by atoms with E-state index in [-0.39, 0.29) is 11.8 Å². The number of hydrogen-bond donors (Lipinski definition) is 0. The summed E-state index contributed by atoms with van der Waals surface area (Å²) in [5, 5.41) is 0. The molecule has 1 aliphatic heterocycles. The molecule has 0 bridgehead atoms. The topological polar surface area (TPSA) is 53.5 Å². The lowest BCUT2D eigenvalue weighted by molar-refractivity contribution is -0.147. The lowest BCUT2D eigenvalue weighted by Crippen LogP contribution is -2.51. The Morgan fingerprint density at radius 1 is 1.03 bits per heavy atom. The number of benzene rings is 1. The first-order valence-corrected chi connectivity index (χ1v) is 11.5. The highest BCUT2D eigenvalue weighted by atomic mass is 16.2. The first-order valence-electron chi connectivity index (χ1n) is 11.5. The number of nitrogens with zero attached hydrogens (tertiary/aromatic N) is 3. The van der Waals surface area contributed by atoms with Gasteiger partial charge in [0.05, 0.1) is 5.41 Å². The van der Waals surface area contributed by atoms with Crippen LogP contribution in [0.25, 0.3) is 11.1 Å². The van der Waals surface area contributed by atoms with E-state index in [0.29, 0.717) is 25.4 Å². The van der Waals surface area contributed by atoms with Crippen molar-refractivity contribution >= 4 is 11.8 Å². The smallest absolute Gasteiger partial charge is 0.228 e. The molecule has 31 heavy (non-hydrogen) atoms. The van der Waals surface area contributed by atoms with Crippen LogP contribution < -0.4 is 0 Å². The van der Waals surface area contributed by atoms with E-state index in [1.807, 2.05) is 31.3 Å². The quantitative estimate of drug-likeness (QED) is 0.731. The van der Waals surface area contributed by atoms with Crippen molar-refractivity contribution in [2.45, 2.75) is 44.9 Å². The number of aromatic nitrogens is 1. The number of amides is 2. The molecule has 2 fully saturated rings. The summed E-state index contributed by atoms with van der Waals surface area (Å²) in [7, 11) is 3.68. The summed E-state index contributed by atoms with van der Waals surface area (Å²) in [6, 6.07) is 12.5. The van der Waals surface area contributed by atoms with Gasteiger partial charge in [-0.05, 0) is 54.9 Å². The summed E-state index contributed by atoms with van der Waals surface area (Å²) in [6.07, 6.45) is 10.2. The van der Waals surface area contributed by atoms with Gasteiger partial charge in [-0.25, -0.2) is 0 Å². The average Bonchev–Trinajstić information content (AvgIpc) is 3.35. The first-order chi connectivity index (χ1) is 15.0. The van der Waals surface area contributed by atoms with Crippen molar-refractivity contribution in [1.29, 1.82) is 0 Å². The van der Waals surface area contributed by atoms with E-state index in [0.717, 1.165) is 36.8 Å². The lowest BCUT2D eigenvalue weighted by atomic mass is 9.72. The van der Waals surface area contributed by atoms with Crippen LogP contribution in [-0.2, 0) is 16.0 Å². The van der Waals surface area contributed by atoms with Gasteiger partial charge in [0.1, 0.15) is 0 Å². The predicted molar refractivity (Wildman–Crippen MR) is 122 cm³/mol. The number of piperidine rings is 1. The molecule has 2 heterocycles. The largest absolute Gasteiger partial charge is 0.348 e. The third kappa shape index (κ3) is 4.65. The van der Waals surface area contributed by atoms with Crippen molar-refractivity contribution in [2.24, 2.45) is 11.3 Å². The molecule has 1 aromatic heterocycles. The van der Waals surface area contributed by atoms with Gasteiger partial charge in [0, 0.05) is 45.5 Å². The van der Waals surface area contributed by atoms with Crippen LogP contribution in [0.2, 0.25) is 0 Å². The van der Waals surface area contributed by atoms with Gasteiger partial charge in [0.15, 0.2) is 0 Å². The maximum Gasteiger partial charge on any atom is 0.228 e. The molecule has 2 aromatic rings. The maximum atomic E-state index is 13.3. The average molecular weight is 420 g/mol. The van der Waals surface area contributed by atoms with Gasteiger partial charge >= 0.3 is 0 Å². The third-order valence-electron chi connectivity index (χ3n) is 7.09. The molecule has 0 atom stereocenters. The number of likely N-dealkylation sites (tertiary alicyclic amines) is 1. The Hall–Kier alpha value is -2.69. The standard InChI is InChI=1S/C26H33N3O2/c1-28(2)25(31)26(13-16-29(17-14-26)24(30)22-6-3-4-7-22)18-20-9-11-21(12-10-20)23-8-5-15-27-19-23/h5,8-12,15,19,22H,3-4,6-7,13-14,16-18H2,1-2H3. The molecule has 0 N–H and O–H groups in total. The van der Waals surface area contributed by atoms with Gasteiger partial charge in [-0.2, -0.15) is 0 Å². The van der Waals surface area contributed by atoms with E-state index < -0.39 is 5.41 Å². The SMILES string of the molecule is CN(C)C(=O)C1(Cc2ccc(-c3cccnc3)cc2)CCN(C(=O)C2CCCC2)CC1. The van der Waals surface area contributed by atoms with Crippen molar-refractivity contribution in [2.75, 3.05) is 27.2 Å². The van der Waals surface area contributed by atoms with E-state index in [4.69, 9.17) is 0 Å². The fourth-order valence-electron chi connectivity index (χ4n) is 5.27. The second-order valence-corrected chi connectivity index (χ2v) is 9.40. The van der Waals surface area contributed by atoms with Crippen LogP contribution in [0.5, 0.6) is 0 Å². The van der Waals surface area contributed by atoms with E-state index in [1.54, 1.807) is 11.1 Å². The van der Waals surface area contributed by atoms with Gasteiger partial charge in [0.25, 0.3) is 0 Å². The molecular weight excluding hydrogens is 386 g/mol. The fraction of sp³-hybridized carbons (Fsp3) is 0.500. The number of pyridine rings is 1. The second kappa shape index (κ2) is 9.21. The zero-order chi connectivity index (χ0) is 21.8. The highest BCUT2D eigenvalue weighted by molar-refractivity contribution is 5.84. The van der Waals surface area contributed by atoms with Crippen molar-refractivity contribution < 1.29 is 9.59 Å². The molecule has 1 aromatic carbocycles. The van der Waals surface area contributed by atoms with Gasteiger partial charge in [0.2, 0.25) is 11.8 Å². The fourth-order valence-corrected chi connectivity index (χ4v) is 5.27. The van der Waals surface area contributed by atoms with E-state index in [9.17, 15) is 9.59 Å². The minimum atomic E-state index is -0.439. The number of carbonyl (C=O) groups excluding carboxylic acids is 2. The second-order valence-electron chi connectivity index (χ2n) is 9.40. The molecule has 5 heteroatoms. The Morgan fingerprint density at radius 3 is 2.29 bits per heavy atom. The van der Waals surface area contributed by atoms with Crippen molar-refractivity contribution in [3.05, 3.63) is 54.4 Å². The zero-order valence-corrected chi connectivity index (χ0v) is 18.7. The Kier molecular flexibility index (Phi) is 6.40. The molecule has 2 amide bonds. The normalized spacial score (nSPS) is 18.7. The van der Waals surface area contributed by atoms with Gasteiger partial charge in [-0.15, -0.1) is 0 Å². The molecular formula is C26H33N3O2. The van der Waals surface area contributed by atoms with E-state index in [2.05, 4.69) is 35.3 Å². The molecule has 5 nitrogen and oxygen atoms in total. The van der Waals surface area contributed by atoms with Crippen LogP contribution in [0, 0.1) is 11.3 Å². The first kappa shape index (κ1) is 21.5. The minimum absolute atomic E-state index is 0.178. The number of hydrogen-bond acceptors (Lipinski definition) is 3. The van der Waals surface area contributed by atoms with E-state index >= 15 is 0 Å². The van der Waals surface area contributed by atoms with Crippen LogP contribution in [-0.4, -0.2) is 53.8 Å². The summed E-state index contributed by atoms with van der Waals surface area (Å²) < 4.78 is 0. The van der Waals surface area contributed by atoms with Gasteiger partial charge < -0.3 is 9.80 Å². The summed E-state index contributed by atoms with van der Waals surface area (Å²) in [5.41, 5.74) is 2.94. The van der Waals surface area contributed by atoms with Crippen LogP contribution in [0.3, 0.4) is 0 Å². The Morgan fingerprint density at radius 2 is 1.71 bits per heavy atom. The Labute approximate surface area is 185 Å². The highest BCUT2D eigenvalue weighted by Crippen LogP contribution is 2.38. The summed E-state index contributed by atoms with van der Waals surface area (Å²) in [4.78, 5) is 34.1. The predicted octanol–water partition coefficient (Wildman–Crippen LogP) is 4.18. The maximum absolute atomic E-state index is 13.3. The van der Waals surface area contributed by atoms with Gasteiger partial charge in [-0.3, -0.25) is 14.6 Å². The number of carbonyl (C=O) groups is 2. The molecule has 1 saturated carbocycles. The summed E-state index contributed by atoms with van der Waals surface area (Å²) >= 11 is 0. The molecule has 164 valence electrons. The van der Waals surface area contributed by atoms with Crippen molar-refractivity contribution in [1.82, 2.24) is 14.8 Å². The Bertz CT molecular complexity index is 894. The van der Waals surface area contributed by atoms with Crippen LogP contribution in [0.4, 0.5) is 0 Å². The van der Waals surface area contributed by atoms with Crippen LogP contribution in [0.15, 0.2) is 48.8 Å². The van der Waals surface area contributed by atoms with E-state index in [1.165, 1.54) is 18.4 Å². The third-order valence-corrected chi connectivity index (χ3v) is 7.09. The molecule has 1 saturated heterocycles. The van der Waals surface area contributed by atoms with Crippen LogP contribution >= 0.6 is 0 Å². The molecule has 0 unspecified atom stereocenters. The highest BCUT2D eigenvalue weighted by Gasteiger charge is 2.43. The molecule has 4 rings (SSSR count). The monoisotopic (exact) mass is 419 g/mol. The summed E-state index contributed by atoms with van der Waals surface area (Å²) in [5.74, 6) is 0.693. The lowest BCUT2D eigenvalue weighted by Gasteiger charge is -2.42. The molecule has 0 spiro atoms. The zero-order valence-electron chi connectivity index (χ0n) is 18.7. The molecule has 1 aliphatic carbocycles. The Balaban J connectivity index is 1.48. The van der Waals surface area contributed by atoms with Gasteiger partial charge in [-0.1, -0.05) is 43.2 Å². The number of rotatable bonds is 5. The van der Waals surface area contributed by atoms with Crippen molar-refractivity contribution in [3.8, 4) is 11.1 Å². The van der Waals surface area contributed by atoms with Crippen molar-refractivity contribution in [3.63, 3.8) is 0 Å². The van der Waals surface area contributed by atoms with Crippen LogP contribution in [0.1, 0.15) is 44.1 Å². The summed E-state index contributed by atoms with van der Waals surface area (Å²) in [6.45, 7) is 1.37. The minimum Gasteiger partial charge on any atom is -0.348 e. The molecule has 2 aliphatic rings. The molecule has 0 radical (unpaired) electrons.